The van der Waals surface area contributed by atoms with Crippen LogP contribution in [0.4, 0.5) is 0 Å². The van der Waals surface area contributed by atoms with Crippen molar-refractivity contribution in [3.05, 3.63) is 0 Å². The summed E-state index contributed by atoms with van der Waals surface area (Å²) >= 11 is 0. The van der Waals surface area contributed by atoms with Gasteiger partial charge in [-0.3, -0.25) is 0 Å². The average molecular weight is 185 g/mol. The number of nitrogens with one attached hydrogen (secondary N) is 1. The fourth-order valence-corrected chi connectivity index (χ4v) is 2.07. The van der Waals surface area contributed by atoms with E-state index in [0.717, 1.165) is 19.0 Å². The van der Waals surface area contributed by atoms with E-state index in [-0.39, 0.29) is 0 Å². The quantitative estimate of drug-likeness (QED) is 0.652. The Balaban J connectivity index is 2.26. The van der Waals surface area contributed by atoms with Crippen LogP contribution in [0.25, 0.3) is 0 Å². The Bertz CT molecular complexity index is 121. The van der Waals surface area contributed by atoms with Gasteiger partial charge >= 0.3 is 0 Å². The second-order valence-electron chi connectivity index (χ2n) is 3.75. The van der Waals surface area contributed by atoms with Gasteiger partial charge in [0, 0.05) is 6.04 Å². The van der Waals surface area contributed by atoms with E-state index in [1.54, 1.807) is 0 Å². The monoisotopic (exact) mass is 185 g/mol. The highest BCUT2D eigenvalue weighted by Crippen LogP contribution is 2.11. The second-order valence-corrected chi connectivity index (χ2v) is 3.75. The minimum absolute atomic E-state index is 0.804. The van der Waals surface area contributed by atoms with Gasteiger partial charge in [-0.2, -0.15) is 0 Å². The molecule has 0 aliphatic carbocycles. The van der Waals surface area contributed by atoms with Crippen molar-refractivity contribution in [1.82, 2.24) is 10.2 Å². The number of hydrogen-bond acceptors (Lipinski definition) is 3. The molecule has 0 aromatic rings. The molecular formula is C10H23N3. The van der Waals surface area contributed by atoms with Crippen molar-refractivity contribution >= 4 is 0 Å². The Kier molecular flexibility index (Phi) is 5.35. The van der Waals surface area contributed by atoms with E-state index in [1.165, 1.54) is 39.0 Å². The fraction of sp³-hybridized carbons (Fsp3) is 1.00. The lowest BCUT2D eigenvalue weighted by Crippen LogP contribution is -2.43. The number of rotatable bonds is 5. The Morgan fingerprint density at radius 3 is 2.62 bits per heavy atom. The van der Waals surface area contributed by atoms with E-state index in [4.69, 9.17) is 5.73 Å². The summed E-state index contributed by atoms with van der Waals surface area (Å²) in [5, 5.41) is 3.40. The van der Waals surface area contributed by atoms with Crippen LogP contribution in [0.2, 0.25) is 0 Å². The molecule has 0 amide bonds. The Morgan fingerprint density at radius 1 is 1.38 bits per heavy atom. The molecule has 3 N–H and O–H groups in total. The van der Waals surface area contributed by atoms with Gasteiger partial charge in [-0.15, -0.1) is 0 Å². The Morgan fingerprint density at radius 2 is 2.08 bits per heavy atom. The summed E-state index contributed by atoms with van der Waals surface area (Å²) in [4.78, 5) is 2.58. The van der Waals surface area contributed by atoms with Crippen molar-refractivity contribution in [2.75, 3.05) is 32.7 Å². The van der Waals surface area contributed by atoms with E-state index in [2.05, 4.69) is 17.1 Å². The average Bonchev–Trinajstić information content (AvgIpc) is 2.21. The molecule has 0 saturated carbocycles. The summed E-state index contributed by atoms with van der Waals surface area (Å²) in [6.45, 7) is 7.79. The first kappa shape index (κ1) is 11.0. The maximum atomic E-state index is 5.52. The van der Waals surface area contributed by atoms with Crippen LogP contribution in [0.5, 0.6) is 0 Å². The third-order valence-corrected chi connectivity index (χ3v) is 2.88. The van der Waals surface area contributed by atoms with E-state index < -0.39 is 0 Å². The lowest BCUT2D eigenvalue weighted by atomic mass is 10.0. The molecule has 78 valence electrons. The maximum Gasteiger partial charge on any atom is 0.0119 e. The van der Waals surface area contributed by atoms with Crippen molar-refractivity contribution in [2.24, 2.45) is 5.73 Å². The molecule has 0 bridgehead atoms. The zero-order chi connectivity index (χ0) is 9.52. The number of piperidine rings is 1. The van der Waals surface area contributed by atoms with Crippen LogP contribution in [-0.2, 0) is 0 Å². The minimum Gasteiger partial charge on any atom is -0.330 e. The van der Waals surface area contributed by atoms with Gasteiger partial charge in [0.05, 0.1) is 0 Å². The SMILES string of the molecule is CCN(CCCN)C1CCNCC1. The first-order valence-corrected chi connectivity index (χ1v) is 5.53. The molecule has 0 spiro atoms. The van der Waals surface area contributed by atoms with Gasteiger partial charge in [-0.05, 0) is 52.0 Å². The summed E-state index contributed by atoms with van der Waals surface area (Å²) in [5.41, 5.74) is 5.52. The topological polar surface area (TPSA) is 41.3 Å². The molecule has 1 fully saturated rings. The molecule has 1 aliphatic rings. The van der Waals surface area contributed by atoms with Gasteiger partial charge in [0.1, 0.15) is 0 Å². The highest BCUT2D eigenvalue weighted by atomic mass is 15.2. The summed E-state index contributed by atoms with van der Waals surface area (Å²) in [6, 6.07) is 0.804. The normalized spacial score (nSPS) is 19.6. The van der Waals surface area contributed by atoms with Crippen LogP contribution in [0.1, 0.15) is 26.2 Å². The molecule has 1 saturated heterocycles. The molecule has 1 heterocycles. The standard InChI is InChI=1S/C10H23N3/c1-2-13(9-3-6-11)10-4-7-12-8-5-10/h10,12H,2-9,11H2,1H3. The van der Waals surface area contributed by atoms with Gasteiger partial charge in [0.15, 0.2) is 0 Å². The van der Waals surface area contributed by atoms with E-state index in [9.17, 15) is 0 Å². The molecule has 3 nitrogen and oxygen atoms in total. The van der Waals surface area contributed by atoms with Crippen LogP contribution < -0.4 is 11.1 Å². The molecule has 0 aromatic heterocycles. The molecule has 13 heavy (non-hydrogen) atoms. The summed E-state index contributed by atoms with van der Waals surface area (Å²) in [7, 11) is 0. The molecule has 0 aromatic carbocycles. The first-order valence-electron chi connectivity index (χ1n) is 5.53. The van der Waals surface area contributed by atoms with Crippen molar-refractivity contribution in [3.63, 3.8) is 0 Å². The van der Waals surface area contributed by atoms with Crippen molar-refractivity contribution in [3.8, 4) is 0 Å². The van der Waals surface area contributed by atoms with Crippen LogP contribution >= 0.6 is 0 Å². The molecule has 0 radical (unpaired) electrons. The van der Waals surface area contributed by atoms with Crippen LogP contribution in [0.15, 0.2) is 0 Å². The minimum atomic E-state index is 0.804. The Labute approximate surface area is 81.7 Å². The number of nitrogens with zero attached hydrogens (tertiary/aromatic N) is 1. The lowest BCUT2D eigenvalue weighted by Gasteiger charge is -2.33. The highest BCUT2D eigenvalue weighted by Gasteiger charge is 2.18. The van der Waals surface area contributed by atoms with E-state index in [1.807, 2.05) is 0 Å². The lowest BCUT2D eigenvalue weighted by molar-refractivity contribution is 0.169. The van der Waals surface area contributed by atoms with Crippen molar-refractivity contribution in [2.45, 2.75) is 32.2 Å². The molecular weight excluding hydrogens is 162 g/mol. The molecule has 1 rings (SSSR count). The van der Waals surface area contributed by atoms with Gasteiger partial charge in [-0.1, -0.05) is 6.92 Å². The first-order chi connectivity index (χ1) is 6.38. The number of hydrogen-bond donors (Lipinski definition) is 2. The van der Waals surface area contributed by atoms with Gasteiger partial charge in [-0.25, -0.2) is 0 Å². The second kappa shape index (κ2) is 6.35. The molecule has 1 aliphatic heterocycles. The molecule has 0 atom stereocenters. The maximum absolute atomic E-state index is 5.52. The van der Waals surface area contributed by atoms with Crippen molar-refractivity contribution in [1.29, 1.82) is 0 Å². The predicted octanol–water partition coefficient (Wildman–Crippen LogP) is 0.409. The van der Waals surface area contributed by atoms with Gasteiger partial charge in [0.2, 0.25) is 0 Å². The van der Waals surface area contributed by atoms with Gasteiger partial charge < -0.3 is 16.0 Å². The summed E-state index contributed by atoms with van der Waals surface area (Å²) < 4.78 is 0. The van der Waals surface area contributed by atoms with Crippen LogP contribution in [-0.4, -0.2) is 43.7 Å². The van der Waals surface area contributed by atoms with Crippen LogP contribution in [0, 0.1) is 0 Å². The van der Waals surface area contributed by atoms with E-state index in [0.29, 0.717) is 0 Å². The summed E-state index contributed by atoms with van der Waals surface area (Å²) in [6.07, 6.45) is 3.74. The smallest absolute Gasteiger partial charge is 0.0119 e. The van der Waals surface area contributed by atoms with Gasteiger partial charge in [0.25, 0.3) is 0 Å². The fourth-order valence-electron chi connectivity index (χ4n) is 2.07. The third kappa shape index (κ3) is 3.63. The molecule has 0 unspecified atom stereocenters. The van der Waals surface area contributed by atoms with Crippen LogP contribution in [0.3, 0.4) is 0 Å². The zero-order valence-electron chi connectivity index (χ0n) is 8.76. The van der Waals surface area contributed by atoms with Crippen molar-refractivity contribution < 1.29 is 0 Å². The summed E-state index contributed by atoms with van der Waals surface area (Å²) in [5.74, 6) is 0. The third-order valence-electron chi connectivity index (χ3n) is 2.88. The predicted molar refractivity (Wildman–Crippen MR) is 56.8 cm³/mol. The number of nitrogens with two attached hydrogens (primary N) is 1. The molecule has 3 heteroatoms. The zero-order valence-corrected chi connectivity index (χ0v) is 8.76. The Hall–Kier alpha value is -0.120. The largest absolute Gasteiger partial charge is 0.330 e. The van der Waals surface area contributed by atoms with E-state index >= 15 is 0 Å². The highest BCUT2D eigenvalue weighted by molar-refractivity contribution is 4.77.